The molecule has 0 amide bonds. The molecule has 9 heavy (non-hydrogen) atoms. The molecule has 0 aromatic heterocycles. The van der Waals surface area contributed by atoms with Gasteiger partial charge < -0.3 is 0 Å². The van der Waals surface area contributed by atoms with Gasteiger partial charge in [0.1, 0.15) is 5.78 Å². The average Bonchev–Trinajstić information content (AvgIpc) is 1.87. The minimum absolute atomic E-state index is 0.0808. The molecule has 0 saturated carbocycles. The fraction of sp³-hybridized carbons (Fsp3) is 0.833. The average molecular weight is 169 g/mol. The summed E-state index contributed by atoms with van der Waals surface area (Å²) in [6.07, 6.45) is 1.08. The van der Waals surface area contributed by atoms with Crippen LogP contribution in [-0.2, 0) is 4.79 Å². The summed E-state index contributed by atoms with van der Waals surface area (Å²) >= 11 is 11.0. The van der Waals surface area contributed by atoms with Gasteiger partial charge in [-0.25, -0.2) is 0 Å². The van der Waals surface area contributed by atoms with Crippen molar-refractivity contribution in [3.63, 3.8) is 0 Å². The van der Waals surface area contributed by atoms with Crippen LogP contribution in [0.5, 0.6) is 0 Å². The number of carbonyl (C=O) groups excluding carboxylic acids is 1. The Labute approximate surface area is 65.3 Å². The van der Waals surface area contributed by atoms with Crippen LogP contribution < -0.4 is 0 Å². The lowest BCUT2D eigenvalue weighted by atomic mass is 10.2. The number of halogens is 2. The standard InChI is InChI=1S/C6H10Cl2O/c1-2-6(9)5(8)3-4-7/h5H,2-4H2,1H3. The summed E-state index contributed by atoms with van der Waals surface area (Å²) in [7, 11) is 0. The van der Waals surface area contributed by atoms with Gasteiger partial charge >= 0.3 is 0 Å². The van der Waals surface area contributed by atoms with Crippen molar-refractivity contribution < 1.29 is 4.79 Å². The number of Topliss-reactive ketones (excluding diaryl/α,β-unsaturated/α-hetero) is 1. The Bertz CT molecular complexity index is 93.1. The molecule has 0 rings (SSSR count). The van der Waals surface area contributed by atoms with Crippen LogP contribution in [-0.4, -0.2) is 17.0 Å². The van der Waals surface area contributed by atoms with Crippen molar-refractivity contribution in [1.29, 1.82) is 0 Å². The summed E-state index contributed by atoms with van der Waals surface area (Å²) in [6.45, 7) is 1.80. The molecule has 0 heterocycles. The van der Waals surface area contributed by atoms with Crippen LogP contribution in [0.1, 0.15) is 19.8 Å². The highest BCUT2D eigenvalue weighted by Gasteiger charge is 2.10. The maximum atomic E-state index is 10.7. The lowest BCUT2D eigenvalue weighted by Gasteiger charge is -2.01. The molecule has 0 N–H and O–H groups in total. The van der Waals surface area contributed by atoms with Gasteiger partial charge in [0.2, 0.25) is 0 Å². The third-order valence-corrected chi connectivity index (χ3v) is 1.74. The highest BCUT2D eigenvalue weighted by molar-refractivity contribution is 6.31. The van der Waals surface area contributed by atoms with Crippen molar-refractivity contribution >= 4 is 29.0 Å². The summed E-state index contributed by atoms with van der Waals surface area (Å²) in [5.74, 6) is 0.539. The second-order valence-corrected chi connectivity index (χ2v) is 2.67. The fourth-order valence-corrected chi connectivity index (χ4v) is 1.07. The van der Waals surface area contributed by atoms with E-state index in [0.717, 1.165) is 0 Å². The van der Waals surface area contributed by atoms with E-state index in [1.54, 1.807) is 6.92 Å². The third kappa shape index (κ3) is 3.77. The van der Waals surface area contributed by atoms with E-state index in [0.29, 0.717) is 18.7 Å². The molecule has 0 aromatic rings. The Kier molecular flexibility index (Phi) is 5.21. The molecule has 0 spiro atoms. The van der Waals surface area contributed by atoms with E-state index in [1.165, 1.54) is 0 Å². The lowest BCUT2D eigenvalue weighted by molar-refractivity contribution is -0.118. The summed E-state index contributed by atoms with van der Waals surface area (Å²) in [5, 5.41) is -0.368. The van der Waals surface area contributed by atoms with Crippen molar-refractivity contribution in [2.75, 3.05) is 5.88 Å². The zero-order chi connectivity index (χ0) is 7.28. The van der Waals surface area contributed by atoms with Crippen molar-refractivity contribution in [2.45, 2.75) is 25.1 Å². The van der Waals surface area contributed by atoms with Gasteiger partial charge in [-0.05, 0) is 6.42 Å². The van der Waals surface area contributed by atoms with Gasteiger partial charge in [0.15, 0.2) is 0 Å². The molecule has 0 bridgehead atoms. The first kappa shape index (κ1) is 9.25. The highest BCUT2D eigenvalue weighted by Crippen LogP contribution is 2.06. The van der Waals surface area contributed by atoms with E-state index in [9.17, 15) is 4.79 Å². The molecule has 0 radical (unpaired) electrons. The van der Waals surface area contributed by atoms with Crippen LogP contribution in [0, 0.1) is 0 Å². The molecular weight excluding hydrogens is 159 g/mol. The van der Waals surface area contributed by atoms with Gasteiger partial charge in [-0.15, -0.1) is 23.2 Å². The zero-order valence-corrected chi connectivity index (χ0v) is 6.87. The quantitative estimate of drug-likeness (QED) is 0.589. The molecular formula is C6H10Cl2O. The summed E-state index contributed by atoms with van der Waals surface area (Å²) < 4.78 is 0. The topological polar surface area (TPSA) is 17.1 Å². The number of alkyl halides is 2. The highest BCUT2D eigenvalue weighted by atomic mass is 35.5. The molecule has 54 valence electrons. The Morgan fingerprint density at radius 2 is 2.22 bits per heavy atom. The minimum Gasteiger partial charge on any atom is -0.298 e. The van der Waals surface area contributed by atoms with Gasteiger partial charge in [0.05, 0.1) is 5.38 Å². The molecule has 0 aliphatic heterocycles. The SMILES string of the molecule is CCC(=O)C(Cl)CCCl. The van der Waals surface area contributed by atoms with Crippen molar-refractivity contribution in [3.8, 4) is 0 Å². The lowest BCUT2D eigenvalue weighted by Crippen LogP contribution is -2.13. The van der Waals surface area contributed by atoms with Crippen LogP contribution in [0.25, 0.3) is 0 Å². The van der Waals surface area contributed by atoms with Crippen LogP contribution in [0.15, 0.2) is 0 Å². The molecule has 0 aliphatic rings. The maximum absolute atomic E-state index is 10.7. The number of rotatable bonds is 4. The number of hydrogen-bond donors (Lipinski definition) is 0. The zero-order valence-electron chi connectivity index (χ0n) is 5.36. The van der Waals surface area contributed by atoms with E-state index in [-0.39, 0.29) is 11.2 Å². The van der Waals surface area contributed by atoms with Gasteiger partial charge in [-0.3, -0.25) is 4.79 Å². The van der Waals surface area contributed by atoms with Gasteiger partial charge in [0, 0.05) is 12.3 Å². The monoisotopic (exact) mass is 168 g/mol. The Balaban J connectivity index is 3.45. The molecule has 1 atom stereocenters. The predicted octanol–water partition coefficient (Wildman–Crippen LogP) is 2.20. The predicted molar refractivity (Wildman–Crippen MR) is 40.3 cm³/mol. The van der Waals surface area contributed by atoms with Crippen LogP contribution in [0.2, 0.25) is 0 Å². The van der Waals surface area contributed by atoms with E-state index in [1.807, 2.05) is 0 Å². The van der Waals surface area contributed by atoms with E-state index in [4.69, 9.17) is 23.2 Å². The molecule has 0 saturated heterocycles. The van der Waals surface area contributed by atoms with Crippen LogP contribution in [0.4, 0.5) is 0 Å². The fourth-order valence-electron chi connectivity index (χ4n) is 0.478. The molecule has 1 nitrogen and oxygen atoms in total. The van der Waals surface area contributed by atoms with Crippen LogP contribution >= 0.6 is 23.2 Å². The van der Waals surface area contributed by atoms with Crippen molar-refractivity contribution in [2.24, 2.45) is 0 Å². The first-order valence-corrected chi connectivity index (χ1v) is 3.92. The normalized spacial score (nSPS) is 13.2. The molecule has 0 aliphatic carbocycles. The minimum atomic E-state index is -0.368. The second-order valence-electron chi connectivity index (χ2n) is 1.77. The molecule has 1 unspecified atom stereocenters. The van der Waals surface area contributed by atoms with E-state index < -0.39 is 0 Å². The van der Waals surface area contributed by atoms with Crippen molar-refractivity contribution in [1.82, 2.24) is 0 Å². The van der Waals surface area contributed by atoms with Crippen molar-refractivity contribution in [3.05, 3.63) is 0 Å². The van der Waals surface area contributed by atoms with E-state index >= 15 is 0 Å². The first-order valence-electron chi connectivity index (χ1n) is 2.95. The van der Waals surface area contributed by atoms with Gasteiger partial charge in [-0.1, -0.05) is 6.92 Å². The number of hydrogen-bond acceptors (Lipinski definition) is 1. The van der Waals surface area contributed by atoms with Crippen LogP contribution in [0.3, 0.4) is 0 Å². The smallest absolute Gasteiger partial charge is 0.150 e. The third-order valence-electron chi connectivity index (χ3n) is 1.06. The largest absolute Gasteiger partial charge is 0.298 e. The number of ketones is 1. The van der Waals surface area contributed by atoms with E-state index in [2.05, 4.69) is 0 Å². The summed E-state index contributed by atoms with van der Waals surface area (Å²) in [4.78, 5) is 10.7. The Morgan fingerprint density at radius 3 is 2.56 bits per heavy atom. The van der Waals surface area contributed by atoms with Gasteiger partial charge in [0.25, 0.3) is 0 Å². The van der Waals surface area contributed by atoms with Gasteiger partial charge in [-0.2, -0.15) is 0 Å². The molecule has 3 heteroatoms. The first-order chi connectivity index (χ1) is 4.22. The second kappa shape index (κ2) is 5.07. The summed E-state index contributed by atoms with van der Waals surface area (Å²) in [5.41, 5.74) is 0. The molecule has 0 aromatic carbocycles. The Hall–Kier alpha value is 0.250. The number of carbonyl (C=O) groups is 1. The summed E-state index contributed by atoms with van der Waals surface area (Å²) in [6, 6.07) is 0. The molecule has 0 fully saturated rings. The Morgan fingerprint density at radius 1 is 1.67 bits per heavy atom. The maximum Gasteiger partial charge on any atom is 0.150 e.